The zero-order valence-corrected chi connectivity index (χ0v) is 17.5. The van der Waals surface area contributed by atoms with E-state index in [4.69, 9.17) is 10.1 Å². The van der Waals surface area contributed by atoms with Gasteiger partial charge < -0.3 is 4.74 Å². The monoisotopic (exact) mass is 454 g/mol. The number of thioether (sulfide) groups is 1. The molecule has 1 amide bonds. The van der Waals surface area contributed by atoms with E-state index in [1.165, 1.54) is 16.8 Å². The van der Waals surface area contributed by atoms with Crippen molar-refractivity contribution in [3.8, 4) is 5.75 Å². The number of carbonyl (C=O) groups excluding carboxylic acids is 1. The van der Waals surface area contributed by atoms with Crippen LogP contribution in [-0.2, 0) is 4.79 Å². The minimum absolute atomic E-state index is 0.00724. The second kappa shape index (κ2) is 7.37. The summed E-state index contributed by atoms with van der Waals surface area (Å²) in [6.07, 6.45) is 1.61. The molecule has 8 heteroatoms. The summed E-state index contributed by atoms with van der Waals surface area (Å²) in [5, 5.41) is 15.5. The van der Waals surface area contributed by atoms with Crippen molar-refractivity contribution in [3.05, 3.63) is 69.2 Å². The normalized spacial score (nSPS) is 17.5. The van der Waals surface area contributed by atoms with Crippen molar-refractivity contribution in [1.82, 2.24) is 5.01 Å². The smallest absolute Gasteiger partial charge is 0.283 e. The molecule has 2 aromatic rings. The Morgan fingerprint density at radius 1 is 1.25 bits per heavy atom. The standard InChI is InChI=1S/C20H15BrN4O2S/c1-11-4-3-5-12(8-11)19-24-25-17(22)15(18(26)23-20(25)28-19)10-13-9-14(21)6-7-16(13)27-2/h3-10,22H,1-2H3/b15-10-,22-17?. The van der Waals surface area contributed by atoms with Gasteiger partial charge in [-0.25, -0.2) is 0 Å². The number of hydrogen-bond donors (Lipinski definition) is 1. The Morgan fingerprint density at radius 2 is 2.07 bits per heavy atom. The van der Waals surface area contributed by atoms with E-state index in [0.29, 0.717) is 21.5 Å². The maximum atomic E-state index is 12.6. The molecule has 0 bridgehead atoms. The summed E-state index contributed by atoms with van der Waals surface area (Å²) < 4.78 is 6.20. The van der Waals surface area contributed by atoms with Crippen LogP contribution in [-0.4, -0.2) is 34.1 Å². The van der Waals surface area contributed by atoms with Crippen molar-refractivity contribution in [1.29, 1.82) is 5.41 Å². The maximum Gasteiger partial charge on any atom is 0.283 e. The SMILES string of the molecule is COc1ccc(Br)cc1/C=C1/C(=N)N2N=C(c3cccc(C)c3)SC2=NC1=O. The number of nitrogens with one attached hydrogen (secondary N) is 1. The predicted octanol–water partition coefficient (Wildman–Crippen LogP) is 4.43. The number of hydrazone groups is 1. The largest absolute Gasteiger partial charge is 0.496 e. The summed E-state index contributed by atoms with van der Waals surface area (Å²) >= 11 is 4.71. The van der Waals surface area contributed by atoms with Crippen molar-refractivity contribution >= 4 is 55.7 Å². The number of nitrogens with zero attached hydrogens (tertiary/aromatic N) is 3. The van der Waals surface area contributed by atoms with E-state index in [9.17, 15) is 4.79 Å². The van der Waals surface area contributed by atoms with Crippen LogP contribution in [0.15, 0.2) is 62.6 Å². The number of methoxy groups -OCH3 is 1. The molecule has 0 saturated carbocycles. The summed E-state index contributed by atoms with van der Waals surface area (Å²) in [5.41, 5.74) is 2.89. The van der Waals surface area contributed by atoms with Gasteiger partial charge in [0.2, 0.25) is 5.17 Å². The summed E-state index contributed by atoms with van der Waals surface area (Å²) in [6, 6.07) is 13.4. The molecule has 140 valence electrons. The molecule has 1 N–H and O–H groups in total. The molecule has 0 saturated heterocycles. The Morgan fingerprint density at radius 3 is 2.82 bits per heavy atom. The molecule has 0 spiro atoms. The Hall–Kier alpha value is -2.71. The van der Waals surface area contributed by atoms with Crippen molar-refractivity contribution in [3.63, 3.8) is 0 Å². The maximum absolute atomic E-state index is 12.6. The zero-order valence-electron chi connectivity index (χ0n) is 15.1. The molecule has 2 aromatic carbocycles. The highest BCUT2D eigenvalue weighted by Gasteiger charge is 2.36. The molecular weight excluding hydrogens is 440 g/mol. The number of carbonyl (C=O) groups is 1. The van der Waals surface area contributed by atoms with Crippen LogP contribution in [0.3, 0.4) is 0 Å². The molecule has 2 aliphatic rings. The second-order valence-electron chi connectivity index (χ2n) is 6.18. The lowest BCUT2D eigenvalue weighted by Crippen LogP contribution is -2.35. The molecule has 2 heterocycles. The van der Waals surface area contributed by atoms with E-state index in [0.717, 1.165) is 15.6 Å². The Labute approximate surface area is 174 Å². The molecular formula is C20H15BrN4O2S. The van der Waals surface area contributed by atoms with E-state index in [2.05, 4.69) is 26.0 Å². The number of aliphatic imine (C=N–C) groups is 1. The lowest BCUT2D eigenvalue weighted by Gasteiger charge is -2.20. The molecule has 0 atom stereocenters. The third kappa shape index (κ3) is 3.41. The van der Waals surface area contributed by atoms with Crippen molar-refractivity contribution in [2.45, 2.75) is 6.92 Å². The van der Waals surface area contributed by atoms with E-state index < -0.39 is 5.91 Å². The van der Waals surface area contributed by atoms with Crippen LogP contribution < -0.4 is 4.74 Å². The van der Waals surface area contributed by atoms with Gasteiger partial charge in [-0.1, -0.05) is 39.7 Å². The molecule has 0 aromatic heterocycles. The van der Waals surface area contributed by atoms with Gasteiger partial charge in [0.1, 0.15) is 10.8 Å². The highest BCUT2D eigenvalue weighted by molar-refractivity contribution is 9.10. The third-order valence-electron chi connectivity index (χ3n) is 4.21. The number of rotatable bonds is 3. The highest BCUT2D eigenvalue weighted by Crippen LogP contribution is 2.32. The van der Waals surface area contributed by atoms with E-state index in [1.54, 1.807) is 19.3 Å². The number of amidine groups is 2. The predicted molar refractivity (Wildman–Crippen MR) is 116 cm³/mol. The van der Waals surface area contributed by atoms with Crippen LogP contribution >= 0.6 is 27.7 Å². The molecule has 0 unspecified atom stereocenters. The minimum Gasteiger partial charge on any atom is -0.496 e. The molecule has 0 aliphatic carbocycles. The number of amides is 1. The Balaban J connectivity index is 1.73. The van der Waals surface area contributed by atoms with Gasteiger partial charge in [-0.15, -0.1) is 0 Å². The molecule has 4 rings (SSSR count). The molecule has 2 aliphatic heterocycles. The lowest BCUT2D eigenvalue weighted by atomic mass is 10.1. The minimum atomic E-state index is -0.466. The van der Waals surface area contributed by atoms with Gasteiger partial charge in [-0.3, -0.25) is 10.2 Å². The summed E-state index contributed by atoms with van der Waals surface area (Å²) in [5.74, 6) is 0.129. The zero-order chi connectivity index (χ0) is 19.8. The third-order valence-corrected chi connectivity index (χ3v) is 5.66. The first-order valence-corrected chi connectivity index (χ1v) is 9.98. The fourth-order valence-corrected chi connectivity index (χ4v) is 4.13. The number of hydrogen-bond acceptors (Lipinski definition) is 5. The van der Waals surface area contributed by atoms with Crippen LogP contribution in [0.2, 0.25) is 0 Å². The fraction of sp³-hybridized carbons (Fsp3) is 0.100. The quantitative estimate of drug-likeness (QED) is 0.695. The number of halogens is 1. The summed E-state index contributed by atoms with van der Waals surface area (Å²) in [7, 11) is 1.56. The highest BCUT2D eigenvalue weighted by atomic mass is 79.9. The van der Waals surface area contributed by atoms with Gasteiger partial charge in [0.25, 0.3) is 5.91 Å². The first kappa shape index (κ1) is 18.6. The van der Waals surface area contributed by atoms with Crippen LogP contribution in [0.4, 0.5) is 0 Å². The van der Waals surface area contributed by atoms with Gasteiger partial charge in [-0.2, -0.15) is 15.1 Å². The Kier molecular flexibility index (Phi) is 4.91. The van der Waals surface area contributed by atoms with Crippen LogP contribution in [0, 0.1) is 12.3 Å². The van der Waals surface area contributed by atoms with Gasteiger partial charge in [-0.05, 0) is 49.0 Å². The number of fused-ring (bicyclic) bond motifs is 1. The first-order chi connectivity index (χ1) is 13.5. The molecule has 0 radical (unpaired) electrons. The van der Waals surface area contributed by atoms with E-state index in [-0.39, 0.29) is 11.4 Å². The van der Waals surface area contributed by atoms with Gasteiger partial charge in [0.15, 0.2) is 5.84 Å². The van der Waals surface area contributed by atoms with Gasteiger partial charge in [0, 0.05) is 15.6 Å². The molecule has 6 nitrogen and oxygen atoms in total. The van der Waals surface area contributed by atoms with E-state index in [1.807, 2.05) is 43.3 Å². The Bertz CT molecular complexity index is 1110. The lowest BCUT2D eigenvalue weighted by molar-refractivity contribution is -0.114. The van der Waals surface area contributed by atoms with Crippen molar-refractivity contribution in [2.24, 2.45) is 10.1 Å². The topological polar surface area (TPSA) is 78.1 Å². The number of aryl methyl sites for hydroxylation is 1. The van der Waals surface area contributed by atoms with Crippen LogP contribution in [0.5, 0.6) is 5.75 Å². The summed E-state index contributed by atoms with van der Waals surface area (Å²) in [4.78, 5) is 16.7. The number of ether oxygens (including phenoxy) is 1. The fourth-order valence-electron chi connectivity index (χ4n) is 2.86. The second-order valence-corrected chi connectivity index (χ2v) is 8.05. The average molecular weight is 455 g/mol. The van der Waals surface area contributed by atoms with Gasteiger partial charge in [0.05, 0.1) is 12.7 Å². The van der Waals surface area contributed by atoms with E-state index >= 15 is 0 Å². The summed E-state index contributed by atoms with van der Waals surface area (Å²) in [6.45, 7) is 2.01. The van der Waals surface area contributed by atoms with Crippen molar-refractivity contribution in [2.75, 3.05) is 7.11 Å². The molecule has 0 fully saturated rings. The molecule has 28 heavy (non-hydrogen) atoms. The van der Waals surface area contributed by atoms with Crippen LogP contribution in [0.1, 0.15) is 16.7 Å². The average Bonchev–Trinajstić information content (AvgIpc) is 3.09. The van der Waals surface area contributed by atoms with Crippen molar-refractivity contribution < 1.29 is 9.53 Å². The van der Waals surface area contributed by atoms with Gasteiger partial charge >= 0.3 is 0 Å². The first-order valence-electron chi connectivity index (χ1n) is 8.37. The van der Waals surface area contributed by atoms with Crippen LogP contribution in [0.25, 0.3) is 6.08 Å². The number of benzene rings is 2.